The number of Topliss-reactive ketones (excluding diaryl/α,β-unsaturated/α-hetero) is 1. The fourth-order valence-electron chi connectivity index (χ4n) is 1.47. The molecule has 4 heteroatoms. The zero-order valence-electron chi connectivity index (χ0n) is 9.17. The molecule has 0 bridgehead atoms. The number of carbonyl (C=O) groups excluding carboxylic acids is 1. The fourth-order valence-corrected chi connectivity index (χ4v) is 1.47. The van der Waals surface area contributed by atoms with Crippen molar-refractivity contribution >= 4 is 5.78 Å². The zero-order valence-corrected chi connectivity index (χ0v) is 9.17. The summed E-state index contributed by atoms with van der Waals surface area (Å²) in [5, 5.41) is 0. The number of halogens is 2. The summed E-state index contributed by atoms with van der Waals surface area (Å²) in [5.41, 5.74) is 5.07. The number of hydrogen-bond donors (Lipinski definition) is 1. The Balaban J connectivity index is 2.87. The highest BCUT2D eigenvalue weighted by atomic mass is 19.1. The van der Waals surface area contributed by atoms with Crippen LogP contribution in [0.4, 0.5) is 8.78 Å². The summed E-state index contributed by atoms with van der Waals surface area (Å²) < 4.78 is 26.5. The molecule has 1 rings (SSSR count). The lowest BCUT2D eigenvalue weighted by Crippen LogP contribution is -2.31. The molecular formula is C12H15F2NO. The summed E-state index contributed by atoms with van der Waals surface area (Å²) in [6, 6.07) is 2.51. The Morgan fingerprint density at radius 1 is 1.38 bits per heavy atom. The van der Waals surface area contributed by atoms with Crippen molar-refractivity contribution in [3.8, 4) is 0 Å². The van der Waals surface area contributed by atoms with E-state index in [1.165, 1.54) is 6.07 Å². The van der Waals surface area contributed by atoms with Gasteiger partial charge in [0.25, 0.3) is 0 Å². The Hall–Kier alpha value is -1.29. The topological polar surface area (TPSA) is 43.1 Å². The normalized spacial score (nSPS) is 12.5. The van der Waals surface area contributed by atoms with Gasteiger partial charge >= 0.3 is 0 Å². The molecule has 2 nitrogen and oxygen atoms in total. The van der Waals surface area contributed by atoms with Crippen LogP contribution in [0, 0.1) is 11.6 Å². The third-order valence-electron chi connectivity index (χ3n) is 2.41. The molecular weight excluding hydrogens is 212 g/mol. The molecule has 88 valence electrons. The average Bonchev–Trinajstić information content (AvgIpc) is 2.25. The van der Waals surface area contributed by atoms with Crippen LogP contribution in [-0.2, 0) is 0 Å². The summed E-state index contributed by atoms with van der Waals surface area (Å²) in [7, 11) is 0. The minimum absolute atomic E-state index is 0.448. The van der Waals surface area contributed by atoms with Gasteiger partial charge in [-0.25, -0.2) is 8.78 Å². The third-order valence-corrected chi connectivity index (χ3v) is 2.41. The van der Waals surface area contributed by atoms with Crippen LogP contribution in [0.25, 0.3) is 0 Å². The molecule has 1 atom stereocenters. The van der Waals surface area contributed by atoms with E-state index >= 15 is 0 Å². The monoisotopic (exact) mass is 227 g/mol. The Bertz CT molecular complexity index is 359. The Morgan fingerprint density at radius 3 is 2.44 bits per heavy atom. The predicted octanol–water partition coefficient (Wildman–Crippen LogP) is 2.67. The summed E-state index contributed by atoms with van der Waals surface area (Å²) in [6.07, 6.45) is 2.10. The number of carbonyl (C=O) groups is 1. The van der Waals surface area contributed by atoms with Crippen LogP contribution in [0.15, 0.2) is 18.2 Å². The van der Waals surface area contributed by atoms with Crippen molar-refractivity contribution in [1.29, 1.82) is 0 Å². The first kappa shape index (κ1) is 12.8. The number of benzene rings is 1. The molecule has 0 aromatic heterocycles. The molecule has 1 aromatic carbocycles. The van der Waals surface area contributed by atoms with Crippen LogP contribution in [0.2, 0.25) is 0 Å². The molecule has 2 N–H and O–H groups in total. The van der Waals surface area contributed by atoms with E-state index in [0.717, 1.165) is 25.0 Å². The third kappa shape index (κ3) is 2.85. The maximum atomic E-state index is 13.3. The lowest BCUT2D eigenvalue weighted by molar-refractivity contribution is 0.0948. The zero-order chi connectivity index (χ0) is 12.1. The first-order chi connectivity index (χ1) is 7.57. The molecule has 0 aliphatic rings. The second-order valence-corrected chi connectivity index (χ2v) is 3.71. The van der Waals surface area contributed by atoms with Gasteiger partial charge in [0, 0.05) is 0 Å². The van der Waals surface area contributed by atoms with Crippen molar-refractivity contribution in [2.75, 3.05) is 0 Å². The van der Waals surface area contributed by atoms with Gasteiger partial charge in [-0.3, -0.25) is 4.79 Å². The Labute approximate surface area is 93.5 Å². The molecule has 0 aliphatic heterocycles. The molecule has 0 fully saturated rings. The highest BCUT2D eigenvalue weighted by Crippen LogP contribution is 2.15. The highest BCUT2D eigenvalue weighted by molar-refractivity contribution is 6.00. The lowest BCUT2D eigenvalue weighted by Gasteiger charge is -2.11. The predicted molar refractivity (Wildman–Crippen MR) is 58.2 cm³/mol. The molecule has 0 amide bonds. The van der Waals surface area contributed by atoms with Crippen molar-refractivity contribution < 1.29 is 13.6 Å². The second-order valence-electron chi connectivity index (χ2n) is 3.71. The van der Waals surface area contributed by atoms with E-state index in [1.54, 1.807) is 0 Å². The first-order valence-electron chi connectivity index (χ1n) is 5.31. The standard InChI is InChI=1S/C12H15F2NO/c1-2-3-7-10(15)12(16)11-8(13)5-4-6-9(11)14/h4-6,10H,2-3,7,15H2,1H3. The molecule has 16 heavy (non-hydrogen) atoms. The van der Waals surface area contributed by atoms with Crippen LogP contribution in [0.5, 0.6) is 0 Å². The van der Waals surface area contributed by atoms with Gasteiger partial charge in [0.05, 0.1) is 11.6 Å². The minimum Gasteiger partial charge on any atom is -0.321 e. The molecule has 0 aliphatic carbocycles. The van der Waals surface area contributed by atoms with Gasteiger partial charge in [-0.1, -0.05) is 25.8 Å². The average molecular weight is 227 g/mol. The molecule has 0 spiro atoms. The van der Waals surface area contributed by atoms with Crippen molar-refractivity contribution in [2.24, 2.45) is 5.73 Å². The largest absolute Gasteiger partial charge is 0.321 e. The highest BCUT2D eigenvalue weighted by Gasteiger charge is 2.22. The van der Waals surface area contributed by atoms with Gasteiger partial charge in [-0.05, 0) is 18.6 Å². The van der Waals surface area contributed by atoms with E-state index in [-0.39, 0.29) is 0 Å². The number of ketones is 1. The van der Waals surface area contributed by atoms with Crippen molar-refractivity contribution in [3.63, 3.8) is 0 Å². The number of unbranched alkanes of at least 4 members (excludes halogenated alkanes) is 1. The van der Waals surface area contributed by atoms with E-state index in [0.29, 0.717) is 6.42 Å². The maximum absolute atomic E-state index is 13.3. The van der Waals surface area contributed by atoms with Gasteiger partial charge in [0.2, 0.25) is 0 Å². The number of rotatable bonds is 5. The van der Waals surface area contributed by atoms with Gasteiger partial charge in [0.15, 0.2) is 5.78 Å². The van der Waals surface area contributed by atoms with E-state index < -0.39 is 29.0 Å². The van der Waals surface area contributed by atoms with Crippen LogP contribution >= 0.6 is 0 Å². The minimum atomic E-state index is -0.850. The van der Waals surface area contributed by atoms with Crippen LogP contribution in [-0.4, -0.2) is 11.8 Å². The van der Waals surface area contributed by atoms with E-state index in [9.17, 15) is 13.6 Å². The molecule has 0 saturated heterocycles. The van der Waals surface area contributed by atoms with Crippen LogP contribution in [0.1, 0.15) is 36.5 Å². The summed E-state index contributed by atoms with van der Waals surface area (Å²) >= 11 is 0. The molecule has 1 unspecified atom stereocenters. The molecule has 0 radical (unpaired) electrons. The Morgan fingerprint density at radius 2 is 1.94 bits per heavy atom. The summed E-state index contributed by atoms with van der Waals surface area (Å²) in [5.74, 6) is -2.36. The quantitative estimate of drug-likeness (QED) is 0.786. The smallest absolute Gasteiger partial charge is 0.185 e. The van der Waals surface area contributed by atoms with Gasteiger partial charge < -0.3 is 5.73 Å². The second kappa shape index (κ2) is 5.70. The van der Waals surface area contributed by atoms with Crippen LogP contribution in [0.3, 0.4) is 0 Å². The lowest BCUT2D eigenvalue weighted by atomic mass is 9.99. The van der Waals surface area contributed by atoms with Crippen molar-refractivity contribution in [1.82, 2.24) is 0 Å². The van der Waals surface area contributed by atoms with Crippen molar-refractivity contribution in [2.45, 2.75) is 32.2 Å². The molecule has 1 aromatic rings. The summed E-state index contributed by atoms with van der Waals surface area (Å²) in [4.78, 5) is 11.7. The molecule has 0 heterocycles. The van der Waals surface area contributed by atoms with Gasteiger partial charge in [0.1, 0.15) is 11.6 Å². The van der Waals surface area contributed by atoms with Crippen molar-refractivity contribution in [3.05, 3.63) is 35.4 Å². The first-order valence-corrected chi connectivity index (χ1v) is 5.31. The van der Waals surface area contributed by atoms with Crippen LogP contribution < -0.4 is 5.73 Å². The Kier molecular flexibility index (Phi) is 4.55. The van der Waals surface area contributed by atoms with E-state index in [2.05, 4.69) is 0 Å². The molecule has 0 saturated carbocycles. The fraction of sp³-hybridized carbons (Fsp3) is 0.417. The summed E-state index contributed by atoms with van der Waals surface area (Å²) in [6.45, 7) is 1.96. The number of hydrogen-bond acceptors (Lipinski definition) is 2. The van der Waals surface area contributed by atoms with Gasteiger partial charge in [-0.15, -0.1) is 0 Å². The van der Waals surface area contributed by atoms with Gasteiger partial charge in [-0.2, -0.15) is 0 Å². The van der Waals surface area contributed by atoms with E-state index in [4.69, 9.17) is 5.73 Å². The maximum Gasteiger partial charge on any atom is 0.185 e. The van der Waals surface area contributed by atoms with E-state index in [1.807, 2.05) is 6.92 Å². The number of nitrogens with two attached hydrogens (primary N) is 1. The SMILES string of the molecule is CCCCC(N)C(=O)c1c(F)cccc1F.